The molecule has 3 heterocycles. The van der Waals surface area contributed by atoms with Gasteiger partial charge in [-0.2, -0.15) is 0 Å². The molecule has 6 nitrogen and oxygen atoms in total. The van der Waals surface area contributed by atoms with Crippen molar-refractivity contribution in [3.05, 3.63) is 46.6 Å². The van der Waals surface area contributed by atoms with Gasteiger partial charge in [-0.05, 0) is 53.9 Å². The van der Waals surface area contributed by atoms with Crippen LogP contribution in [0.15, 0.2) is 45.4 Å². The third kappa shape index (κ3) is 3.44. The van der Waals surface area contributed by atoms with Gasteiger partial charge in [-0.15, -0.1) is 0 Å². The molecule has 1 N–H and O–H groups in total. The summed E-state index contributed by atoms with van der Waals surface area (Å²) in [4.78, 5) is 19.4. The Labute approximate surface area is 159 Å². The van der Waals surface area contributed by atoms with E-state index in [2.05, 4.69) is 43.4 Å². The van der Waals surface area contributed by atoms with Crippen LogP contribution in [-0.4, -0.2) is 29.1 Å². The normalized spacial score (nSPS) is 15.4. The van der Waals surface area contributed by atoms with Crippen LogP contribution in [0.25, 0.3) is 10.9 Å². The van der Waals surface area contributed by atoms with E-state index in [0.29, 0.717) is 11.6 Å². The number of hydrogen-bond donors (Lipinski definition) is 1. The van der Waals surface area contributed by atoms with Gasteiger partial charge < -0.3 is 14.7 Å². The Morgan fingerprint density at radius 2 is 2.08 bits per heavy atom. The molecule has 0 aliphatic carbocycles. The van der Waals surface area contributed by atoms with E-state index >= 15 is 0 Å². The summed E-state index contributed by atoms with van der Waals surface area (Å²) in [7, 11) is 0. The van der Waals surface area contributed by atoms with Crippen molar-refractivity contribution in [2.75, 3.05) is 23.3 Å². The molecule has 0 spiro atoms. The molecule has 1 fully saturated rings. The Kier molecular flexibility index (Phi) is 4.63. The molecule has 1 saturated heterocycles. The van der Waals surface area contributed by atoms with Gasteiger partial charge in [-0.1, -0.05) is 17.3 Å². The predicted octanol–water partition coefficient (Wildman–Crippen LogP) is 4.15. The fraction of sp³-hybridized carbons (Fsp3) is 0.316. The zero-order valence-electron chi connectivity index (χ0n) is 14.4. The molecule has 3 aromatic rings. The van der Waals surface area contributed by atoms with Crippen molar-refractivity contribution in [3.8, 4) is 0 Å². The summed E-state index contributed by atoms with van der Waals surface area (Å²) < 4.78 is 5.98. The molecular formula is C19H19BrN4O2. The Balaban J connectivity index is 1.41. The molecule has 1 aliphatic heterocycles. The van der Waals surface area contributed by atoms with Crippen molar-refractivity contribution in [1.82, 2.24) is 10.1 Å². The average molecular weight is 415 g/mol. The minimum atomic E-state index is -0.0181. The number of carbonyl (C=O) groups is 1. The van der Waals surface area contributed by atoms with E-state index in [-0.39, 0.29) is 11.8 Å². The quantitative estimate of drug-likeness (QED) is 0.696. The van der Waals surface area contributed by atoms with E-state index < -0.39 is 0 Å². The number of anilines is 2. The van der Waals surface area contributed by atoms with Crippen molar-refractivity contribution in [1.29, 1.82) is 0 Å². The number of piperidine rings is 1. The summed E-state index contributed by atoms with van der Waals surface area (Å²) in [5.41, 5.74) is 0.964. The van der Waals surface area contributed by atoms with E-state index in [9.17, 15) is 4.79 Å². The first-order chi connectivity index (χ1) is 12.6. The zero-order chi connectivity index (χ0) is 18.1. The molecule has 4 rings (SSSR count). The minimum absolute atomic E-state index is 0.00663. The molecule has 0 unspecified atom stereocenters. The van der Waals surface area contributed by atoms with Crippen LogP contribution in [0.4, 0.5) is 11.6 Å². The topological polar surface area (TPSA) is 71.3 Å². The summed E-state index contributed by atoms with van der Waals surface area (Å²) >= 11 is 3.57. The number of carbonyl (C=O) groups excluding carboxylic acids is 1. The van der Waals surface area contributed by atoms with Crippen LogP contribution in [0.1, 0.15) is 18.6 Å². The second-order valence-electron chi connectivity index (χ2n) is 6.55. The van der Waals surface area contributed by atoms with Gasteiger partial charge in [0.05, 0.1) is 5.52 Å². The average Bonchev–Trinajstić information content (AvgIpc) is 3.07. The monoisotopic (exact) mass is 414 g/mol. The van der Waals surface area contributed by atoms with Crippen LogP contribution in [0.5, 0.6) is 0 Å². The number of benzene rings is 1. The molecule has 1 aliphatic rings. The molecule has 26 heavy (non-hydrogen) atoms. The molecule has 134 valence electrons. The highest BCUT2D eigenvalue weighted by atomic mass is 79.9. The lowest BCUT2D eigenvalue weighted by molar-refractivity contribution is -0.120. The maximum atomic E-state index is 12.4. The Morgan fingerprint density at radius 3 is 2.81 bits per heavy atom. The van der Waals surface area contributed by atoms with Crippen molar-refractivity contribution >= 4 is 44.4 Å². The van der Waals surface area contributed by atoms with Crippen LogP contribution in [0.3, 0.4) is 0 Å². The zero-order valence-corrected chi connectivity index (χ0v) is 16.0. The Morgan fingerprint density at radius 1 is 1.27 bits per heavy atom. The fourth-order valence-corrected chi connectivity index (χ4v) is 3.77. The molecule has 1 amide bonds. The van der Waals surface area contributed by atoms with Crippen LogP contribution in [0, 0.1) is 12.8 Å². The van der Waals surface area contributed by atoms with Crippen LogP contribution in [0.2, 0.25) is 0 Å². The smallest absolute Gasteiger partial charge is 0.228 e. The third-order valence-corrected chi connectivity index (χ3v) is 5.37. The van der Waals surface area contributed by atoms with Crippen LogP contribution in [-0.2, 0) is 4.79 Å². The van der Waals surface area contributed by atoms with Gasteiger partial charge in [0.25, 0.3) is 0 Å². The van der Waals surface area contributed by atoms with Crippen molar-refractivity contribution < 1.29 is 9.32 Å². The second-order valence-corrected chi connectivity index (χ2v) is 7.41. The number of para-hydroxylation sites is 1. The highest BCUT2D eigenvalue weighted by Gasteiger charge is 2.26. The van der Waals surface area contributed by atoms with Gasteiger partial charge in [0, 0.05) is 34.9 Å². The summed E-state index contributed by atoms with van der Waals surface area (Å²) in [6.45, 7) is 3.41. The molecular weight excluding hydrogens is 396 g/mol. The third-order valence-electron chi connectivity index (χ3n) is 4.73. The van der Waals surface area contributed by atoms with Gasteiger partial charge >= 0.3 is 0 Å². The number of aryl methyl sites for hydroxylation is 1. The minimum Gasteiger partial charge on any atom is -0.360 e. The van der Waals surface area contributed by atoms with E-state index in [0.717, 1.165) is 47.1 Å². The highest BCUT2D eigenvalue weighted by Crippen LogP contribution is 2.27. The van der Waals surface area contributed by atoms with Gasteiger partial charge in [0.1, 0.15) is 11.6 Å². The lowest BCUT2D eigenvalue weighted by Gasteiger charge is -2.32. The van der Waals surface area contributed by atoms with Gasteiger partial charge in [-0.25, -0.2) is 4.98 Å². The number of aromatic nitrogens is 2. The number of nitrogens with one attached hydrogen (secondary N) is 1. The summed E-state index contributed by atoms with van der Waals surface area (Å²) in [5.74, 6) is 2.11. The van der Waals surface area contributed by atoms with E-state index in [1.54, 1.807) is 13.0 Å². The first kappa shape index (κ1) is 17.0. The molecule has 1 aromatic carbocycles. The molecule has 0 atom stereocenters. The Bertz CT molecular complexity index is 948. The first-order valence-corrected chi connectivity index (χ1v) is 9.44. The highest BCUT2D eigenvalue weighted by molar-refractivity contribution is 9.10. The van der Waals surface area contributed by atoms with Crippen molar-refractivity contribution in [2.24, 2.45) is 5.92 Å². The van der Waals surface area contributed by atoms with Gasteiger partial charge in [-0.3, -0.25) is 4.79 Å². The molecule has 0 bridgehead atoms. The number of nitrogens with zero attached hydrogens (tertiary/aromatic N) is 3. The summed E-state index contributed by atoms with van der Waals surface area (Å²) in [5, 5.41) is 7.76. The fourth-order valence-electron chi connectivity index (χ4n) is 3.30. The predicted molar refractivity (Wildman–Crippen MR) is 104 cm³/mol. The Hall–Kier alpha value is -2.41. The van der Waals surface area contributed by atoms with E-state index in [1.165, 1.54) is 0 Å². The molecule has 2 aromatic heterocycles. The summed E-state index contributed by atoms with van der Waals surface area (Å²) in [6, 6.07) is 11.9. The van der Waals surface area contributed by atoms with Crippen molar-refractivity contribution in [3.63, 3.8) is 0 Å². The number of fused-ring (bicyclic) bond motifs is 1. The molecule has 7 heteroatoms. The first-order valence-electron chi connectivity index (χ1n) is 8.64. The van der Waals surface area contributed by atoms with Gasteiger partial charge in [0.2, 0.25) is 5.91 Å². The largest absolute Gasteiger partial charge is 0.360 e. The summed E-state index contributed by atoms with van der Waals surface area (Å²) in [6.07, 6.45) is 1.58. The standard InChI is InChI=1S/C19H19BrN4O2/c1-12-11-16(23-26-12)21-19(25)14-7-9-24(10-8-14)17-6-5-13-3-2-4-15(20)18(13)22-17/h2-6,11,14H,7-10H2,1H3,(H,21,23,25). The number of halogens is 1. The van der Waals surface area contributed by atoms with E-state index in [1.807, 2.05) is 18.2 Å². The van der Waals surface area contributed by atoms with Crippen molar-refractivity contribution in [2.45, 2.75) is 19.8 Å². The second kappa shape index (κ2) is 7.07. The molecule has 0 radical (unpaired) electrons. The lowest BCUT2D eigenvalue weighted by Crippen LogP contribution is -2.38. The number of hydrogen-bond acceptors (Lipinski definition) is 5. The number of rotatable bonds is 3. The van der Waals surface area contributed by atoms with E-state index in [4.69, 9.17) is 9.51 Å². The lowest BCUT2D eigenvalue weighted by atomic mass is 9.96. The maximum Gasteiger partial charge on any atom is 0.228 e. The number of pyridine rings is 1. The molecule has 0 saturated carbocycles. The van der Waals surface area contributed by atoms with Gasteiger partial charge in [0.15, 0.2) is 5.82 Å². The SMILES string of the molecule is Cc1cc(NC(=O)C2CCN(c3ccc4cccc(Br)c4n3)CC2)no1. The van der Waals surface area contributed by atoms with Crippen LogP contribution >= 0.6 is 15.9 Å². The van der Waals surface area contributed by atoms with Crippen LogP contribution < -0.4 is 10.2 Å². The maximum absolute atomic E-state index is 12.4. The number of amides is 1.